The molecule has 0 aliphatic carbocycles. The van der Waals surface area contributed by atoms with Crippen molar-refractivity contribution < 1.29 is 0 Å². The average molecular weight is 240 g/mol. The Balaban J connectivity index is 2.97. The van der Waals surface area contributed by atoms with Crippen LogP contribution in [0, 0.1) is 6.92 Å². The number of benzene rings is 1. The quantitative estimate of drug-likeness (QED) is 0.686. The molecule has 0 bridgehead atoms. The number of hydrogen-bond donors (Lipinski definition) is 0. The summed E-state index contributed by atoms with van der Waals surface area (Å²) in [6.45, 7) is 8.96. The van der Waals surface area contributed by atoms with Crippen molar-refractivity contribution in [2.24, 2.45) is 0 Å². The summed E-state index contributed by atoms with van der Waals surface area (Å²) in [4.78, 5) is 0. The van der Waals surface area contributed by atoms with Gasteiger partial charge in [0.2, 0.25) is 0 Å². The summed E-state index contributed by atoms with van der Waals surface area (Å²) >= 11 is 4.06. The molecule has 0 aliphatic rings. The summed E-state index contributed by atoms with van der Waals surface area (Å²) in [5.74, 6) is 2.33. The minimum absolute atomic E-state index is 0.218. The Morgan fingerprint density at radius 3 is 2.20 bits per heavy atom. The van der Waals surface area contributed by atoms with Crippen LogP contribution in [-0.4, -0.2) is 11.5 Å². The van der Waals surface area contributed by atoms with Gasteiger partial charge in [0.15, 0.2) is 0 Å². The molecule has 1 rings (SSSR count). The molecule has 0 atom stereocenters. The van der Waals surface area contributed by atoms with Crippen molar-refractivity contribution in [2.75, 3.05) is 11.5 Å². The fourth-order valence-corrected chi connectivity index (χ4v) is 4.42. The molecule has 0 heterocycles. The van der Waals surface area contributed by atoms with E-state index in [-0.39, 0.29) is 4.08 Å². The maximum absolute atomic E-state index is 2.34. The molecule has 0 saturated carbocycles. The second kappa shape index (κ2) is 5.86. The molecule has 1 aromatic carbocycles. The topological polar surface area (TPSA) is 0 Å². The number of thioether (sulfide) groups is 2. The van der Waals surface area contributed by atoms with Crippen molar-refractivity contribution in [1.29, 1.82) is 0 Å². The van der Waals surface area contributed by atoms with Crippen LogP contribution >= 0.6 is 23.5 Å². The van der Waals surface area contributed by atoms with Gasteiger partial charge >= 0.3 is 0 Å². The predicted molar refractivity (Wildman–Crippen MR) is 74.8 cm³/mol. The maximum Gasteiger partial charge on any atom is 0.0832 e. The molecule has 0 aromatic heterocycles. The van der Waals surface area contributed by atoms with E-state index in [1.807, 2.05) is 23.5 Å². The van der Waals surface area contributed by atoms with Gasteiger partial charge in [0.1, 0.15) is 0 Å². The molecule has 0 N–H and O–H groups in total. The summed E-state index contributed by atoms with van der Waals surface area (Å²) in [6.07, 6.45) is 0. The molecule has 15 heavy (non-hydrogen) atoms. The smallest absolute Gasteiger partial charge is 0.0832 e. The van der Waals surface area contributed by atoms with E-state index in [1.165, 1.54) is 11.1 Å². The molecule has 2 heteroatoms. The third-order valence-corrected chi connectivity index (χ3v) is 5.24. The van der Waals surface area contributed by atoms with Crippen molar-refractivity contribution in [3.8, 4) is 0 Å². The molecular weight excluding hydrogens is 220 g/mol. The lowest BCUT2D eigenvalue weighted by molar-refractivity contribution is 1.00. The highest BCUT2D eigenvalue weighted by molar-refractivity contribution is 8.17. The Morgan fingerprint density at radius 2 is 1.73 bits per heavy atom. The van der Waals surface area contributed by atoms with Crippen LogP contribution in [0.2, 0.25) is 0 Å². The highest BCUT2D eigenvalue weighted by atomic mass is 32.2. The zero-order valence-electron chi connectivity index (χ0n) is 10.0. The highest BCUT2D eigenvalue weighted by Gasteiger charge is 2.26. The van der Waals surface area contributed by atoms with Crippen LogP contribution in [0.15, 0.2) is 24.3 Å². The standard InChI is InChI=1S/C13H20S2/c1-5-14-13(4,15-6-2)12-9-7-8-11(3)10-12/h7-10H,5-6H2,1-4H3. The van der Waals surface area contributed by atoms with Crippen LogP contribution < -0.4 is 0 Å². The lowest BCUT2D eigenvalue weighted by atomic mass is 10.1. The van der Waals surface area contributed by atoms with Gasteiger partial charge in [0, 0.05) is 0 Å². The van der Waals surface area contributed by atoms with Crippen LogP contribution in [0.4, 0.5) is 0 Å². The van der Waals surface area contributed by atoms with Crippen LogP contribution in [0.5, 0.6) is 0 Å². The summed E-state index contributed by atoms with van der Waals surface area (Å²) < 4.78 is 0.218. The summed E-state index contributed by atoms with van der Waals surface area (Å²) in [5, 5.41) is 0. The minimum Gasteiger partial charge on any atom is -0.140 e. The van der Waals surface area contributed by atoms with Crippen molar-refractivity contribution in [3.63, 3.8) is 0 Å². The van der Waals surface area contributed by atoms with E-state index in [9.17, 15) is 0 Å². The van der Waals surface area contributed by atoms with Gasteiger partial charge in [0.05, 0.1) is 4.08 Å². The Hall–Kier alpha value is -0.0800. The average Bonchev–Trinajstić information content (AvgIpc) is 2.18. The van der Waals surface area contributed by atoms with E-state index in [0.29, 0.717) is 0 Å². The summed E-state index contributed by atoms with van der Waals surface area (Å²) in [5.41, 5.74) is 2.80. The van der Waals surface area contributed by atoms with Crippen molar-refractivity contribution >= 4 is 23.5 Å². The van der Waals surface area contributed by atoms with Gasteiger partial charge in [-0.15, -0.1) is 23.5 Å². The van der Waals surface area contributed by atoms with Gasteiger partial charge in [-0.1, -0.05) is 43.7 Å². The van der Waals surface area contributed by atoms with Crippen LogP contribution in [0.25, 0.3) is 0 Å². The van der Waals surface area contributed by atoms with Gasteiger partial charge in [0.25, 0.3) is 0 Å². The molecule has 0 aliphatic heterocycles. The molecule has 0 fully saturated rings. The second-order valence-electron chi connectivity index (χ2n) is 3.68. The number of rotatable bonds is 5. The van der Waals surface area contributed by atoms with Crippen molar-refractivity contribution in [2.45, 2.75) is 31.8 Å². The van der Waals surface area contributed by atoms with Gasteiger partial charge in [-0.05, 0) is 30.9 Å². The van der Waals surface area contributed by atoms with Crippen molar-refractivity contribution in [1.82, 2.24) is 0 Å². The van der Waals surface area contributed by atoms with E-state index < -0.39 is 0 Å². The molecule has 0 spiro atoms. The normalized spacial score (nSPS) is 11.7. The highest BCUT2D eigenvalue weighted by Crippen LogP contribution is 2.46. The monoisotopic (exact) mass is 240 g/mol. The molecule has 0 saturated heterocycles. The number of hydrogen-bond acceptors (Lipinski definition) is 2. The first-order valence-electron chi connectivity index (χ1n) is 5.47. The SMILES string of the molecule is CCSC(C)(SCC)c1cccc(C)c1. The lowest BCUT2D eigenvalue weighted by Crippen LogP contribution is -2.13. The molecule has 0 radical (unpaired) electrons. The zero-order valence-corrected chi connectivity index (χ0v) is 11.7. The zero-order chi connectivity index (χ0) is 11.3. The first-order chi connectivity index (χ1) is 7.12. The van der Waals surface area contributed by atoms with E-state index >= 15 is 0 Å². The largest absolute Gasteiger partial charge is 0.140 e. The Kier molecular flexibility index (Phi) is 5.07. The fraction of sp³-hybridized carbons (Fsp3) is 0.538. The third-order valence-electron chi connectivity index (χ3n) is 2.38. The molecule has 0 unspecified atom stereocenters. The maximum atomic E-state index is 2.34. The molecular formula is C13H20S2. The minimum atomic E-state index is 0.218. The van der Waals surface area contributed by atoms with E-state index in [4.69, 9.17) is 0 Å². The summed E-state index contributed by atoms with van der Waals surface area (Å²) in [7, 11) is 0. The van der Waals surface area contributed by atoms with Gasteiger partial charge < -0.3 is 0 Å². The van der Waals surface area contributed by atoms with Crippen molar-refractivity contribution in [3.05, 3.63) is 35.4 Å². The predicted octanol–water partition coefficient (Wildman–Crippen LogP) is 4.67. The van der Waals surface area contributed by atoms with E-state index in [0.717, 1.165) is 11.5 Å². The third kappa shape index (κ3) is 3.46. The van der Waals surface area contributed by atoms with Crippen LogP contribution in [0.1, 0.15) is 31.9 Å². The Labute approximate surface area is 102 Å². The van der Waals surface area contributed by atoms with E-state index in [2.05, 4.69) is 52.0 Å². The van der Waals surface area contributed by atoms with Crippen LogP contribution in [-0.2, 0) is 4.08 Å². The molecule has 0 amide bonds. The Bertz CT molecular complexity index is 301. The lowest BCUT2D eigenvalue weighted by Gasteiger charge is -2.28. The Morgan fingerprint density at radius 1 is 1.13 bits per heavy atom. The molecule has 1 aromatic rings. The molecule has 84 valence electrons. The summed E-state index contributed by atoms with van der Waals surface area (Å²) in [6, 6.07) is 8.89. The van der Waals surface area contributed by atoms with E-state index in [1.54, 1.807) is 0 Å². The van der Waals surface area contributed by atoms with Gasteiger partial charge in [-0.25, -0.2) is 0 Å². The molecule has 0 nitrogen and oxygen atoms in total. The van der Waals surface area contributed by atoms with Crippen LogP contribution in [0.3, 0.4) is 0 Å². The van der Waals surface area contributed by atoms with Gasteiger partial charge in [-0.2, -0.15) is 0 Å². The first kappa shape index (κ1) is 13.0. The number of aryl methyl sites for hydroxylation is 1. The first-order valence-corrected chi connectivity index (χ1v) is 7.44. The van der Waals surface area contributed by atoms with Gasteiger partial charge in [-0.3, -0.25) is 0 Å². The fourth-order valence-electron chi connectivity index (χ4n) is 1.69. The second-order valence-corrected chi connectivity index (χ2v) is 7.30.